The fourth-order valence-corrected chi connectivity index (χ4v) is 5.12. The van der Waals surface area contributed by atoms with E-state index in [-0.39, 0.29) is 11.4 Å². The number of sulfonamides is 1. The van der Waals surface area contributed by atoms with Crippen LogP contribution in [0, 0.1) is 0 Å². The maximum absolute atomic E-state index is 13.4. The molecule has 0 N–H and O–H groups in total. The molecule has 0 saturated heterocycles. The summed E-state index contributed by atoms with van der Waals surface area (Å²) in [6.45, 7) is 1.58. The molecule has 3 aromatic rings. The van der Waals surface area contributed by atoms with E-state index in [1.54, 1.807) is 13.2 Å². The third-order valence-electron chi connectivity index (χ3n) is 5.27. The van der Waals surface area contributed by atoms with Crippen LogP contribution < -0.4 is 9.47 Å². The van der Waals surface area contributed by atoms with Crippen LogP contribution in [-0.4, -0.2) is 62.0 Å². The van der Waals surface area contributed by atoms with Crippen molar-refractivity contribution in [2.24, 2.45) is 0 Å². The summed E-state index contributed by atoms with van der Waals surface area (Å²) in [5.41, 5.74) is 2.99. The highest BCUT2D eigenvalue weighted by Crippen LogP contribution is 2.34. The molecular formula is C20H24N4O6S. The van der Waals surface area contributed by atoms with Crippen molar-refractivity contribution in [1.82, 2.24) is 19.1 Å². The second kappa shape index (κ2) is 8.69. The van der Waals surface area contributed by atoms with E-state index in [2.05, 4.69) is 10.1 Å². The third-order valence-corrected chi connectivity index (χ3v) is 7.12. The summed E-state index contributed by atoms with van der Waals surface area (Å²) in [6.07, 6.45) is 3.36. The standard InChI is InChI=1S/C20H24N4O6S/c1-27-9-8-24-17-6-7-23(11-15(17)20(22-24)16-12-30-13-21-16)31(25,26)14-4-5-18(28-2)19(10-14)29-3/h4-5,10,12-13H,6-9,11H2,1-3H3. The first-order valence-electron chi connectivity index (χ1n) is 9.67. The summed E-state index contributed by atoms with van der Waals surface area (Å²) < 4.78 is 50.9. The smallest absolute Gasteiger partial charge is 0.243 e. The van der Waals surface area contributed by atoms with Crippen LogP contribution >= 0.6 is 0 Å². The Bertz CT molecular complexity index is 1160. The molecule has 0 saturated carbocycles. The summed E-state index contributed by atoms with van der Waals surface area (Å²) >= 11 is 0. The van der Waals surface area contributed by atoms with Crippen molar-refractivity contribution in [3.05, 3.63) is 42.1 Å². The number of methoxy groups -OCH3 is 3. The normalized spacial score (nSPS) is 14.4. The SMILES string of the molecule is COCCn1nc(-c2cocn2)c2c1CCN(S(=O)(=O)c1ccc(OC)c(OC)c1)C2. The number of oxazole rings is 1. The molecule has 3 heterocycles. The van der Waals surface area contributed by atoms with Crippen LogP contribution in [-0.2, 0) is 34.3 Å². The predicted octanol–water partition coefficient (Wildman–Crippen LogP) is 1.95. The Balaban J connectivity index is 1.70. The molecule has 4 rings (SSSR count). The molecule has 166 valence electrons. The van der Waals surface area contributed by atoms with Crippen LogP contribution in [0.4, 0.5) is 0 Å². The predicted molar refractivity (Wildman–Crippen MR) is 110 cm³/mol. The van der Waals surface area contributed by atoms with Crippen molar-refractivity contribution in [1.29, 1.82) is 0 Å². The Morgan fingerprint density at radius 2 is 1.97 bits per heavy atom. The van der Waals surface area contributed by atoms with Gasteiger partial charge in [0.1, 0.15) is 17.7 Å². The number of ether oxygens (including phenoxy) is 3. The Kier molecular flexibility index (Phi) is 5.99. The van der Waals surface area contributed by atoms with E-state index in [1.165, 1.54) is 43.3 Å². The van der Waals surface area contributed by atoms with Gasteiger partial charge in [-0.2, -0.15) is 9.40 Å². The number of nitrogens with zero attached hydrogens (tertiary/aromatic N) is 4. The van der Waals surface area contributed by atoms with Crippen LogP contribution in [0.5, 0.6) is 11.5 Å². The maximum atomic E-state index is 13.4. The van der Waals surface area contributed by atoms with Gasteiger partial charge in [0.15, 0.2) is 17.9 Å². The largest absolute Gasteiger partial charge is 0.493 e. The van der Waals surface area contributed by atoms with E-state index in [9.17, 15) is 8.42 Å². The number of benzene rings is 1. The molecule has 0 aliphatic carbocycles. The maximum Gasteiger partial charge on any atom is 0.243 e. The number of hydrogen-bond donors (Lipinski definition) is 0. The molecule has 31 heavy (non-hydrogen) atoms. The summed E-state index contributed by atoms with van der Waals surface area (Å²) in [4.78, 5) is 4.35. The molecule has 0 bridgehead atoms. The summed E-state index contributed by atoms with van der Waals surface area (Å²) in [5.74, 6) is 0.826. The molecule has 0 unspecified atom stereocenters. The van der Waals surface area contributed by atoms with Gasteiger partial charge >= 0.3 is 0 Å². The minimum absolute atomic E-state index is 0.142. The van der Waals surface area contributed by atoms with Crippen molar-refractivity contribution in [2.45, 2.75) is 24.4 Å². The highest BCUT2D eigenvalue weighted by molar-refractivity contribution is 7.89. The monoisotopic (exact) mass is 448 g/mol. The highest BCUT2D eigenvalue weighted by atomic mass is 32.2. The van der Waals surface area contributed by atoms with Crippen molar-refractivity contribution in [3.8, 4) is 22.9 Å². The Morgan fingerprint density at radius 1 is 1.16 bits per heavy atom. The number of fused-ring (bicyclic) bond motifs is 1. The van der Waals surface area contributed by atoms with Gasteiger partial charge in [0.05, 0.1) is 32.3 Å². The second-order valence-corrected chi connectivity index (χ2v) is 8.91. The van der Waals surface area contributed by atoms with Crippen LogP contribution in [0.1, 0.15) is 11.3 Å². The van der Waals surface area contributed by atoms with Crippen molar-refractivity contribution in [2.75, 3.05) is 34.5 Å². The first kappa shape index (κ1) is 21.3. The second-order valence-electron chi connectivity index (χ2n) is 6.97. The minimum atomic E-state index is -3.76. The van der Waals surface area contributed by atoms with Gasteiger partial charge in [-0.25, -0.2) is 13.4 Å². The lowest BCUT2D eigenvalue weighted by atomic mass is 10.1. The molecule has 2 aromatic heterocycles. The lowest BCUT2D eigenvalue weighted by molar-refractivity contribution is 0.182. The fourth-order valence-electron chi connectivity index (χ4n) is 3.70. The first-order valence-corrected chi connectivity index (χ1v) is 11.1. The molecule has 10 nitrogen and oxygen atoms in total. The van der Waals surface area contributed by atoms with Crippen LogP contribution in [0.3, 0.4) is 0 Å². The van der Waals surface area contributed by atoms with E-state index < -0.39 is 10.0 Å². The van der Waals surface area contributed by atoms with Crippen molar-refractivity contribution in [3.63, 3.8) is 0 Å². The Labute approximate surface area is 180 Å². The van der Waals surface area contributed by atoms with E-state index in [4.69, 9.17) is 18.6 Å². The number of rotatable bonds is 8. The zero-order valence-electron chi connectivity index (χ0n) is 17.6. The quantitative estimate of drug-likeness (QED) is 0.514. The molecule has 0 spiro atoms. The summed E-state index contributed by atoms with van der Waals surface area (Å²) in [7, 11) is 0.845. The lowest BCUT2D eigenvalue weighted by Gasteiger charge is -2.27. The number of hydrogen-bond acceptors (Lipinski definition) is 8. The average molecular weight is 449 g/mol. The van der Waals surface area contributed by atoms with Gasteiger partial charge in [-0.15, -0.1) is 0 Å². The third kappa shape index (κ3) is 3.91. The molecule has 1 aliphatic heterocycles. The van der Waals surface area contributed by atoms with Gasteiger partial charge in [-0.3, -0.25) is 4.68 Å². The van der Waals surface area contributed by atoms with E-state index in [0.29, 0.717) is 49.0 Å². The van der Waals surface area contributed by atoms with E-state index in [0.717, 1.165) is 11.3 Å². The van der Waals surface area contributed by atoms with Crippen molar-refractivity contribution >= 4 is 10.0 Å². The van der Waals surface area contributed by atoms with Gasteiger partial charge < -0.3 is 18.6 Å². The van der Waals surface area contributed by atoms with E-state index in [1.807, 2.05) is 4.68 Å². The van der Waals surface area contributed by atoms with Gasteiger partial charge in [-0.1, -0.05) is 0 Å². The molecule has 1 aliphatic rings. The molecule has 0 radical (unpaired) electrons. The van der Waals surface area contributed by atoms with Gasteiger partial charge in [0, 0.05) is 43.9 Å². The summed E-state index contributed by atoms with van der Waals surface area (Å²) in [6, 6.07) is 4.59. The van der Waals surface area contributed by atoms with E-state index >= 15 is 0 Å². The molecule has 0 fully saturated rings. The van der Waals surface area contributed by atoms with Crippen molar-refractivity contribution < 1.29 is 27.0 Å². The van der Waals surface area contributed by atoms with Crippen LogP contribution in [0.2, 0.25) is 0 Å². The van der Waals surface area contributed by atoms with Gasteiger partial charge in [-0.05, 0) is 12.1 Å². The number of aromatic nitrogens is 3. The zero-order valence-corrected chi connectivity index (χ0v) is 18.4. The topological polar surface area (TPSA) is 109 Å². The van der Waals surface area contributed by atoms with Gasteiger partial charge in [0.2, 0.25) is 10.0 Å². The first-order chi connectivity index (χ1) is 15.0. The average Bonchev–Trinajstić information content (AvgIpc) is 3.44. The van der Waals surface area contributed by atoms with Crippen LogP contribution in [0.25, 0.3) is 11.4 Å². The lowest BCUT2D eigenvalue weighted by Crippen LogP contribution is -2.36. The molecule has 0 amide bonds. The Hall–Kier alpha value is -2.89. The van der Waals surface area contributed by atoms with Crippen LogP contribution in [0.15, 0.2) is 40.2 Å². The molecule has 1 aromatic carbocycles. The molecule has 11 heteroatoms. The Morgan fingerprint density at radius 3 is 2.65 bits per heavy atom. The fraction of sp³-hybridized carbons (Fsp3) is 0.400. The zero-order chi connectivity index (χ0) is 22.0. The molecule has 0 atom stereocenters. The van der Waals surface area contributed by atoms with Gasteiger partial charge in [0.25, 0.3) is 0 Å². The summed E-state index contributed by atoms with van der Waals surface area (Å²) in [5, 5.41) is 4.67. The minimum Gasteiger partial charge on any atom is -0.493 e. The molecular weight excluding hydrogens is 424 g/mol. The highest BCUT2D eigenvalue weighted by Gasteiger charge is 2.33.